The van der Waals surface area contributed by atoms with Crippen molar-refractivity contribution in [2.24, 2.45) is 11.8 Å². The van der Waals surface area contributed by atoms with Crippen molar-refractivity contribution in [2.45, 2.75) is 122 Å². The van der Waals surface area contributed by atoms with Crippen LogP contribution >= 0.6 is 0 Å². The molecule has 1 fully saturated rings. The highest BCUT2D eigenvalue weighted by Crippen LogP contribution is 2.29. The van der Waals surface area contributed by atoms with Gasteiger partial charge in [0.2, 0.25) is 17.7 Å². The highest BCUT2D eigenvalue weighted by atomic mass is 19.3. The minimum Gasteiger partial charge on any atom is -0.444 e. The number of alkyl halides is 2. The molecule has 2 aliphatic heterocycles. The Bertz CT molecular complexity index is 2080. The Kier molecular flexibility index (Phi) is 16.3. The van der Waals surface area contributed by atoms with E-state index < -0.39 is 95.8 Å². The first-order valence-electron chi connectivity index (χ1n) is 21.3. The lowest BCUT2D eigenvalue weighted by atomic mass is 9.97. The number of nitrogens with one attached hydrogen (secondary N) is 4. The number of benzene rings is 2. The van der Waals surface area contributed by atoms with Crippen molar-refractivity contribution < 1.29 is 47.4 Å². The molecule has 1 unspecified atom stereocenters. The van der Waals surface area contributed by atoms with E-state index in [4.69, 9.17) is 4.74 Å². The summed E-state index contributed by atoms with van der Waals surface area (Å²) in [7, 11) is 0. The molecule has 18 heteroatoms. The Labute approximate surface area is 365 Å². The van der Waals surface area contributed by atoms with Crippen molar-refractivity contribution in [3.8, 4) is 0 Å². The molecule has 63 heavy (non-hydrogen) atoms. The van der Waals surface area contributed by atoms with E-state index in [1.54, 1.807) is 65.0 Å². The molecule has 1 aromatic heterocycles. The number of hydrogen-bond donors (Lipinski definition) is 5. The van der Waals surface area contributed by atoms with Crippen molar-refractivity contribution in [1.82, 2.24) is 41.0 Å². The van der Waals surface area contributed by atoms with Crippen molar-refractivity contribution in [1.29, 1.82) is 0 Å². The van der Waals surface area contributed by atoms with Crippen LogP contribution in [0.15, 0.2) is 73.2 Å². The van der Waals surface area contributed by atoms with Gasteiger partial charge >= 0.3 is 12.0 Å². The lowest BCUT2D eigenvalue weighted by Crippen LogP contribution is -2.61. The number of amides is 6. The van der Waals surface area contributed by atoms with Gasteiger partial charge in [-0.25, -0.2) is 9.78 Å². The third-order valence-corrected chi connectivity index (χ3v) is 11.4. The zero-order valence-electron chi connectivity index (χ0n) is 36.4. The van der Waals surface area contributed by atoms with Gasteiger partial charge in [-0.2, -0.15) is 8.78 Å². The van der Waals surface area contributed by atoms with Crippen LogP contribution in [0.1, 0.15) is 94.0 Å². The molecule has 16 nitrogen and oxygen atoms in total. The quantitative estimate of drug-likeness (QED) is 0.133. The van der Waals surface area contributed by atoms with Crippen molar-refractivity contribution >= 4 is 35.6 Å². The summed E-state index contributed by atoms with van der Waals surface area (Å²) >= 11 is 0. The Morgan fingerprint density at radius 3 is 2.17 bits per heavy atom. The van der Waals surface area contributed by atoms with E-state index >= 15 is 8.78 Å². The number of rotatable bonds is 17. The molecule has 0 saturated carbocycles. The maximum absolute atomic E-state index is 15.8. The van der Waals surface area contributed by atoms with Gasteiger partial charge < -0.3 is 40.9 Å². The normalized spacial score (nSPS) is 18.7. The summed E-state index contributed by atoms with van der Waals surface area (Å²) in [6, 6.07) is 9.82. The SMILES string of the molecule is CCC[C@H](NC(=O)[C@@H]1C[C@@H](OC(=O)N2CCc3ccccc3C2)CN1C(=O)[C@@H](NC(=O)[C@@H](NC(=O)c1cnccn1)C(C)C)C(C)C)C(O)C(F)(F)C(=O)N[C@@H](C)c1ccccc1. The summed E-state index contributed by atoms with van der Waals surface area (Å²) in [5.74, 6) is -10.2. The molecule has 2 aliphatic rings. The molecule has 0 aliphatic carbocycles. The number of ether oxygens (including phenoxy) is 1. The zero-order chi connectivity index (χ0) is 46.0. The number of aliphatic hydroxyl groups is 1. The Morgan fingerprint density at radius 1 is 0.873 bits per heavy atom. The van der Waals surface area contributed by atoms with Gasteiger partial charge in [0.25, 0.3) is 11.8 Å². The molecule has 3 aromatic rings. The van der Waals surface area contributed by atoms with Crippen LogP contribution < -0.4 is 21.3 Å². The highest BCUT2D eigenvalue weighted by Gasteiger charge is 2.52. The third-order valence-electron chi connectivity index (χ3n) is 11.4. The van der Waals surface area contributed by atoms with Crippen LogP contribution in [0.25, 0.3) is 0 Å². The van der Waals surface area contributed by atoms with Gasteiger partial charge in [0, 0.05) is 31.9 Å². The van der Waals surface area contributed by atoms with Crippen LogP contribution in [0.4, 0.5) is 13.6 Å². The molecule has 5 rings (SSSR count). The van der Waals surface area contributed by atoms with E-state index in [0.29, 0.717) is 18.5 Å². The Morgan fingerprint density at radius 2 is 1.54 bits per heavy atom. The fourth-order valence-corrected chi connectivity index (χ4v) is 7.75. The average molecular weight is 877 g/mol. The third kappa shape index (κ3) is 11.9. The van der Waals surface area contributed by atoms with Gasteiger partial charge in [0.1, 0.15) is 36.0 Å². The van der Waals surface area contributed by atoms with Crippen molar-refractivity contribution in [2.75, 3.05) is 13.1 Å². The number of halogens is 2. The van der Waals surface area contributed by atoms with Gasteiger partial charge in [-0.1, -0.05) is 95.6 Å². The molecule has 3 heterocycles. The molecule has 6 amide bonds. The highest BCUT2D eigenvalue weighted by molar-refractivity contribution is 5.98. The summed E-state index contributed by atoms with van der Waals surface area (Å²) in [5.41, 5.74) is 2.58. The summed E-state index contributed by atoms with van der Waals surface area (Å²) in [6.45, 7) is 10.3. The molecule has 0 bridgehead atoms. The first-order chi connectivity index (χ1) is 29.9. The summed E-state index contributed by atoms with van der Waals surface area (Å²) in [4.78, 5) is 92.8. The number of carbonyl (C=O) groups excluding carboxylic acids is 6. The topological polar surface area (TPSA) is 212 Å². The summed E-state index contributed by atoms with van der Waals surface area (Å²) in [6.07, 6.45) is -0.0174. The maximum Gasteiger partial charge on any atom is 0.410 e. The molecule has 1 saturated heterocycles. The minimum atomic E-state index is -4.35. The molecule has 340 valence electrons. The molecule has 0 spiro atoms. The lowest BCUT2D eigenvalue weighted by Gasteiger charge is -2.34. The Balaban J connectivity index is 1.37. The van der Waals surface area contributed by atoms with E-state index in [0.717, 1.165) is 16.0 Å². The number of carbonyl (C=O) groups is 6. The average Bonchev–Trinajstić information content (AvgIpc) is 3.70. The second-order valence-corrected chi connectivity index (χ2v) is 16.8. The smallest absolute Gasteiger partial charge is 0.410 e. The molecule has 0 radical (unpaired) electrons. The number of aromatic nitrogens is 2. The van der Waals surface area contributed by atoms with Gasteiger partial charge in [0.15, 0.2) is 0 Å². The number of hydrogen-bond acceptors (Lipinski definition) is 10. The Hall–Kier alpha value is -6.04. The van der Waals surface area contributed by atoms with E-state index in [1.807, 2.05) is 24.3 Å². The van der Waals surface area contributed by atoms with Crippen LogP contribution in [-0.4, -0.2) is 116 Å². The second-order valence-electron chi connectivity index (χ2n) is 16.8. The minimum absolute atomic E-state index is 0.0284. The van der Waals surface area contributed by atoms with Gasteiger partial charge in [-0.05, 0) is 48.3 Å². The number of fused-ring (bicyclic) bond motifs is 1. The van der Waals surface area contributed by atoms with Crippen LogP contribution in [0.2, 0.25) is 0 Å². The molecule has 7 atom stereocenters. The monoisotopic (exact) mass is 876 g/mol. The first-order valence-corrected chi connectivity index (χ1v) is 21.3. The van der Waals surface area contributed by atoms with Crippen LogP contribution in [0, 0.1) is 11.8 Å². The molecule has 2 aromatic carbocycles. The molecular formula is C45H58F2N8O8. The van der Waals surface area contributed by atoms with Crippen LogP contribution in [-0.2, 0) is 36.9 Å². The van der Waals surface area contributed by atoms with E-state index in [2.05, 4.69) is 31.2 Å². The van der Waals surface area contributed by atoms with Crippen molar-refractivity contribution in [3.63, 3.8) is 0 Å². The van der Waals surface area contributed by atoms with Gasteiger partial charge in [-0.15, -0.1) is 0 Å². The summed E-state index contributed by atoms with van der Waals surface area (Å²) < 4.78 is 37.4. The van der Waals surface area contributed by atoms with Crippen molar-refractivity contribution in [3.05, 3.63) is 95.6 Å². The fraction of sp³-hybridized carbons (Fsp3) is 0.511. The van der Waals surface area contributed by atoms with E-state index in [9.17, 15) is 33.9 Å². The summed E-state index contributed by atoms with van der Waals surface area (Å²) in [5, 5.41) is 21.2. The predicted molar refractivity (Wildman–Crippen MR) is 227 cm³/mol. The maximum atomic E-state index is 15.8. The fourth-order valence-electron chi connectivity index (χ4n) is 7.75. The largest absolute Gasteiger partial charge is 0.444 e. The first kappa shape index (κ1) is 48.0. The number of likely N-dealkylation sites (tertiary alicyclic amines) is 1. The number of nitrogens with zero attached hydrogens (tertiary/aromatic N) is 4. The van der Waals surface area contributed by atoms with Crippen LogP contribution in [0.3, 0.4) is 0 Å². The zero-order valence-corrected chi connectivity index (χ0v) is 36.4. The standard InChI is InChI=1S/C45H58F2N8O8/c1-7-13-33(38(56)45(46,47)43(61)50-28(6)29-14-9-8-10-15-29)51-40(58)35-22-32(63-44(62)54-21-18-30-16-11-12-17-31(30)24-54)25-55(35)42(60)37(27(4)5)53-41(59)36(26(2)3)52-39(57)34-23-48-19-20-49-34/h8-12,14-17,19-20,23,26-28,32-33,35-38,56H,7,13,18,21-22,24-25H2,1-6H3,(H,50,61)(H,51,58)(H,52,57)(H,53,59)/t28-,32+,33-,35-,36-,37-,38?/m0/s1. The van der Waals surface area contributed by atoms with Gasteiger partial charge in [-0.3, -0.25) is 29.0 Å². The molecule has 5 N–H and O–H groups in total. The van der Waals surface area contributed by atoms with E-state index in [1.165, 1.54) is 30.4 Å². The number of aliphatic hydroxyl groups excluding tert-OH is 1. The van der Waals surface area contributed by atoms with E-state index in [-0.39, 0.29) is 38.0 Å². The predicted octanol–water partition coefficient (Wildman–Crippen LogP) is 3.69. The van der Waals surface area contributed by atoms with Crippen LogP contribution in [0.5, 0.6) is 0 Å². The lowest BCUT2D eigenvalue weighted by molar-refractivity contribution is -0.169. The second kappa shape index (κ2) is 21.4. The molecular weight excluding hydrogens is 819 g/mol. The van der Waals surface area contributed by atoms with Gasteiger partial charge in [0.05, 0.1) is 24.8 Å².